The van der Waals surface area contributed by atoms with Crippen molar-refractivity contribution in [2.75, 3.05) is 20.1 Å². The van der Waals surface area contributed by atoms with Gasteiger partial charge in [0.05, 0.1) is 0 Å². The fraction of sp³-hybridized carbons (Fsp3) is 1.00. The Hall–Kier alpha value is -0.0800. The molecule has 0 amide bonds. The first-order chi connectivity index (χ1) is 7.77. The molecule has 2 unspecified atom stereocenters. The van der Waals surface area contributed by atoms with Crippen molar-refractivity contribution < 1.29 is 0 Å². The minimum atomic E-state index is 0.684. The molecule has 1 rings (SSSR count). The van der Waals surface area contributed by atoms with E-state index < -0.39 is 0 Å². The van der Waals surface area contributed by atoms with Gasteiger partial charge in [0, 0.05) is 12.1 Å². The minimum Gasteiger partial charge on any atom is -0.317 e. The topological polar surface area (TPSA) is 15.3 Å². The molecule has 2 heteroatoms. The molecule has 1 N–H and O–H groups in total. The molecule has 2 atom stereocenters. The fourth-order valence-corrected chi connectivity index (χ4v) is 2.73. The standard InChI is InChI=1S/C14H30N2/c1-4-14-10-6-8-12-16(14)11-7-5-9-13(2)15-3/h13-15H,4-12H2,1-3H3. The molecule has 0 saturated carbocycles. The molecule has 16 heavy (non-hydrogen) atoms. The molecule has 1 saturated heterocycles. The minimum absolute atomic E-state index is 0.684. The molecule has 0 aromatic carbocycles. The lowest BCUT2D eigenvalue weighted by Gasteiger charge is -2.35. The van der Waals surface area contributed by atoms with Gasteiger partial charge in [-0.2, -0.15) is 0 Å². The van der Waals surface area contributed by atoms with Crippen molar-refractivity contribution in [1.82, 2.24) is 10.2 Å². The lowest BCUT2D eigenvalue weighted by molar-refractivity contribution is 0.141. The molecular formula is C14H30N2. The summed E-state index contributed by atoms with van der Waals surface area (Å²) in [7, 11) is 2.06. The lowest BCUT2D eigenvalue weighted by atomic mass is 9.99. The number of unbranched alkanes of at least 4 members (excludes halogenated alkanes) is 1. The summed E-state index contributed by atoms with van der Waals surface area (Å²) in [5, 5.41) is 3.31. The quantitative estimate of drug-likeness (QED) is 0.671. The number of likely N-dealkylation sites (tertiary alicyclic amines) is 1. The Morgan fingerprint density at radius 3 is 2.81 bits per heavy atom. The van der Waals surface area contributed by atoms with Gasteiger partial charge in [0.2, 0.25) is 0 Å². The third kappa shape index (κ3) is 4.84. The number of rotatable bonds is 7. The van der Waals surface area contributed by atoms with Crippen LogP contribution in [0.2, 0.25) is 0 Å². The lowest BCUT2D eigenvalue weighted by Crippen LogP contribution is -2.39. The summed E-state index contributed by atoms with van der Waals surface area (Å²) in [6.45, 7) is 7.29. The van der Waals surface area contributed by atoms with Gasteiger partial charge in [0.25, 0.3) is 0 Å². The monoisotopic (exact) mass is 226 g/mol. The van der Waals surface area contributed by atoms with Crippen molar-refractivity contribution in [2.45, 2.75) is 70.9 Å². The molecule has 96 valence electrons. The van der Waals surface area contributed by atoms with Gasteiger partial charge in [-0.1, -0.05) is 19.8 Å². The molecule has 0 aromatic rings. The second-order valence-electron chi connectivity index (χ2n) is 5.28. The molecule has 2 nitrogen and oxygen atoms in total. The number of hydrogen-bond donors (Lipinski definition) is 1. The largest absolute Gasteiger partial charge is 0.317 e. The first-order valence-electron chi connectivity index (χ1n) is 7.19. The van der Waals surface area contributed by atoms with Crippen LogP contribution in [0.4, 0.5) is 0 Å². The predicted molar refractivity (Wildman–Crippen MR) is 71.9 cm³/mol. The maximum atomic E-state index is 3.31. The Morgan fingerprint density at radius 2 is 2.12 bits per heavy atom. The third-order valence-corrected chi connectivity index (χ3v) is 4.05. The van der Waals surface area contributed by atoms with E-state index in [9.17, 15) is 0 Å². The molecule has 0 spiro atoms. The maximum Gasteiger partial charge on any atom is 0.00926 e. The van der Waals surface area contributed by atoms with Gasteiger partial charge in [0.1, 0.15) is 0 Å². The highest BCUT2D eigenvalue weighted by Gasteiger charge is 2.19. The van der Waals surface area contributed by atoms with Crippen LogP contribution in [0, 0.1) is 0 Å². The van der Waals surface area contributed by atoms with Crippen LogP contribution in [0.5, 0.6) is 0 Å². The highest BCUT2D eigenvalue weighted by molar-refractivity contribution is 4.75. The molecule has 0 aromatic heterocycles. The zero-order chi connectivity index (χ0) is 11.8. The summed E-state index contributed by atoms with van der Waals surface area (Å²) in [5.74, 6) is 0. The van der Waals surface area contributed by atoms with Crippen molar-refractivity contribution in [2.24, 2.45) is 0 Å². The number of hydrogen-bond acceptors (Lipinski definition) is 2. The summed E-state index contributed by atoms with van der Waals surface area (Å²) in [4.78, 5) is 2.73. The molecular weight excluding hydrogens is 196 g/mol. The highest BCUT2D eigenvalue weighted by Crippen LogP contribution is 2.19. The van der Waals surface area contributed by atoms with Crippen molar-refractivity contribution in [3.63, 3.8) is 0 Å². The van der Waals surface area contributed by atoms with Crippen molar-refractivity contribution in [3.8, 4) is 0 Å². The van der Waals surface area contributed by atoms with E-state index >= 15 is 0 Å². The first-order valence-corrected chi connectivity index (χ1v) is 7.19. The zero-order valence-corrected chi connectivity index (χ0v) is 11.5. The van der Waals surface area contributed by atoms with Crippen LogP contribution >= 0.6 is 0 Å². The van der Waals surface area contributed by atoms with Crippen molar-refractivity contribution in [3.05, 3.63) is 0 Å². The maximum absolute atomic E-state index is 3.31. The number of nitrogens with zero attached hydrogens (tertiary/aromatic N) is 1. The fourth-order valence-electron chi connectivity index (χ4n) is 2.73. The summed E-state index contributed by atoms with van der Waals surface area (Å²) in [5.41, 5.74) is 0. The summed E-state index contributed by atoms with van der Waals surface area (Å²) < 4.78 is 0. The van der Waals surface area contributed by atoms with Crippen molar-refractivity contribution in [1.29, 1.82) is 0 Å². The van der Waals surface area contributed by atoms with Crippen LogP contribution in [-0.4, -0.2) is 37.1 Å². The van der Waals surface area contributed by atoms with E-state index in [2.05, 4.69) is 31.1 Å². The van der Waals surface area contributed by atoms with Gasteiger partial charge in [0.15, 0.2) is 0 Å². The first kappa shape index (κ1) is 14.0. The van der Waals surface area contributed by atoms with E-state index in [1.807, 2.05) is 0 Å². The van der Waals surface area contributed by atoms with E-state index in [-0.39, 0.29) is 0 Å². The number of nitrogens with one attached hydrogen (secondary N) is 1. The highest BCUT2D eigenvalue weighted by atomic mass is 15.2. The third-order valence-electron chi connectivity index (χ3n) is 4.05. The van der Waals surface area contributed by atoms with Gasteiger partial charge >= 0.3 is 0 Å². The van der Waals surface area contributed by atoms with Crippen molar-refractivity contribution >= 4 is 0 Å². The van der Waals surface area contributed by atoms with E-state index in [0.717, 1.165) is 6.04 Å². The zero-order valence-electron chi connectivity index (χ0n) is 11.5. The molecule has 1 heterocycles. The van der Waals surface area contributed by atoms with Gasteiger partial charge in [-0.15, -0.1) is 0 Å². The Morgan fingerprint density at radius 1 is 1.31 bits per heavy atom. The van der Waals surface area contributed by atoms with Gasteiger partial charge in [-0.05, 0) is 59.2 Å². The second-order valence-corrected chi connectivity index (χ2v) is 5.28. The molecule has 1 aliphatic heterocycles. The van der Waals surface area contributed by atoms with E-state index in [0.29, 0.717) is 6.04 Å². The average Bonchev–Trinajstić information content (AvgIpc) is 2.34. The Bertz CT molecular complexity index is 170. The molecule has 0 radical (unpaired) electrons. The van der Waals surface area contributed by atoms with Crippen LogP contribution < -0.4 is 5.32 Å². The van der Waals surface area contributed by atoms with Crippen LogP contribution in [0.3, 0.4) is 0 Å². The van der Waals surface area contributed by atoms with Gasteiger partial charge in [-0.25, -0.2) is 0 Å². The summed E-state index contributed by atoms with van der Waals surface area (Å²) in [6, 6.07) is 1.57. The van der Waals surface area contributed by atoms with Gasteiger partial charge in [-0.3, -0.25) is 0 Å². The average molecular weight is 226 g/mol. The Labute approximate surface area is 102 Å². The Kier molecular flexibility index (Phi) is 7.06. The Balaban J connectivity index is 2.10. The summed E-state index contributed by atoms with van der Waals surface area (Å²) in [6.07, 6.45) is 9.71. The van der Waals surface area contributed by atoms with Crippen LogP contribution in [0.1, 0.15) is 58.8 Å². The van der Waals surface area contributed by atoms with Crippen LogP contribution in [-0.2, 0) is 0 Å². The molecule has 1 aliphatic rings. The van der Waals surface area contributed by atoms with E-state index in [4.69, 9.17) is 0 Å². The molecule has 0 aliphatic carbocycles. The smallest absolute Gasteiger partial charge is 0.00926 e. The normalized spacial score (nSPS) is 24.6. The SMILES string of the molecule is CCC1CCCCN1CCCCC(C)NC. The van der Waals surface area contributed by atoms with E-state index in [1.54, 1.807) is 0 Å². The summed E-state index contributed by atoms with van der Waals surface area (Å²) >= 11 is 0. The van der Waals surface area contributed by atoms with Gasteiger partial charge < -0.3 is 10.2 Å². The molecule has 0 bridgehead atoms. The van der Waals surface area contributed by atoms with Crippen LogP contribution in [0.25, 0.3) is 0 Å². The second kappa shape index (κ2) is 8.08. The number of piperidine rings is 1. The predicted octanol–water partition coefficient (Wildman–Crippen LogP) is 3.03. The van der Waals surface area contributed by atoms with E-state index in [1.165, 1.54) is 58.0 Å². The van der Waals surface area contributed by atoms with Crippen LogP contribution in [0.15, 0.2) is 0 Å². The molecule has 1 fully saturated rings.